The van der Waals surface area contributed by atoms with Gasteiger partial charge in [-0.3, -0.25) is 9.59 Å². The van der Waals surface area contributed by atoms with E-state index in [9.17, 15) is 9.59 Å². The Hall–Kier alpha value is -2.86. The molecule has 0 atom stereocenters. The molecule has 0 aromatic heterocycles. The molecular weight excluding hydrogens is 364 g/mol. The average molecular weight is 395 g/mol. The summed E-state index contributed by atoms with van der Waals surface area (Å²) in [4.78, 5) is 29.2. The molecule has 1 saturated heterocycles. The van der Waals surface area contributed by atoms with Gasteiger partial charge in [0.15, 0.2) is 0 Å². The summed E-state index contributed by atoms with van der Waals surface area (Å²) >= 11 is 0. The second-order valence-electron chi connectivity index (χ2n) is 7.88. The molecule has 1 heterocycles. The van der Waals surface area contributed by atoms with Crippen LogP contribution in [0, 0.1) is 20.8 Å². The minimum Gasteiger partial charge on any atom is -0.369 e. The molecule has 2 aromatic rings. The highest BCUT2D eigenvalue weighted by Crippen LogP contribution is 2.22. The van der Waals surface area contributed by atoms with Crippen molar-refractivity contribution in [3.05, 3.63) is 53.1 Å². The molecule has 6 heteroatoms. The number of nitrogens with one attached hydrogen (secondary N) is 2. The lowest BCUT2D eigenvalue weighted by molar-refractivity contribution is -0.123. The molecule has 6 nitrogen and oxygen atoms in total. The molecule has 2 N–H and O–H groups in total. The molecule has 0 saturated carbocycles. The minimum atomic E-state index is -0.322. The Morgan fingerprint density at radius 2 is 1.41 bits per heavy atom. The van der Waals surface area contributed by atoms with Crippen LogP contribution in [-0.2, 0) is 9.59 Å². The molecule has 1 fully saturated rings. The lowest BCUT2D eigenvalue weighted by atomic mass is 10.0. The van der Waals surface area contributed by atoms with Gasteiger partial charge in [-0.15, -0.1) is 0 Å². The molecule has 0 spiro atoms. The Labute approximate surface area is 172 Å². The number of carbonyl (C=O) groups is 2. The predicted octanol–water partition coefficient (Wildman–Crippen LogP) is 3.33. The summed E-state index contributed by atoms with van der Waals surface area (Å²) in [7, 11) is 2.13. The predicted molar refractivity (Wildman–Crippen MR) is 119 cm³/mol. The maximum Gasteiger partial charge on any atom is 0.233 e. The zero-order chi connectivity index (χ0) is 21.0. The van der Waals surface area contributed by atoms with Crippen LogP contribution in [0.25, 0.3) is 0 Å². The lowest BCUT2D eigenvalue weighted by Crippen LogP contribution is -2.44. The molecule has 1 aliphatic rings. The van der Waals surface area contributed by atoms with Crippen molar-refractivity contribution < 1.29 is 9.59 Å². The summed E-state index contributed by atoms with van der Waals surface area (Å²) in [6.45, 7) is 10.0. The third kappa shape index (κ3) is 5.57. The first kappa shape index (κ1) is 20.9. The standard InChI is InChI=1S/C23H30N4O2/c1-16-13-17(2)23(18(3)14-16)25-22(29)15-21(28)24-19-5-7-20(8-6-19)27-11-9-26(4)10-12-27/h5-8,13-14H,9-12,15H2,1-4H3,(H,24,28)(H,25,29). The third-order valence-electron chi connectivity index (χ3n) is 5.28. The minimum absolute atomic E-state index is 0.215. The van der Waals surface area contributed by atoms with E-state index in [1.54, 1.807) is 0 Å². The molecule has 0 unspecified atom stereocenters. The highest BCUT2D eigenvalue weighted by Gasteiger charge is 2.15. The Morgan fingerprint density at radius 3 is 2.00 bits per heavy atom. The van der Waals surface area contributed by atoms with Crippen molar-refractivity contribution in [3.63, 3.8) is 0 Å². The number of carbonyl (C=O) groups excluding carboxylic acids is 2. The van der Waals surface area contributed by atoms with Gasteiger partial charge < -0.3 is 20.4 Å². The molecule has 1 aliphatic heterocycles. The van der Waals surface area contributed by atoms with Crippen LogP contribution in [0.3, 0.4) is 0 Å². The van der Waals surface area contributed by atoms with Crippen LogP contribution in [-0.4, -0.2) is 49.9 Å². The van der Waals surface area contributed by atoms with Gasteiger partial charge in [0.2, 0.25) is 11.8 Å². The van der Waals surface area contributed by atoms with Crippen molar-refractivity contribution in [3.8, 4) is 0 Å². The molecule has 29 heavy (non-hydrogen) atoms. The van der Waals surface area contributed by atoms with Gasteiger partial charge in [-0.05, 0) is 63.2 Å². The molecule has 0 aliphatic carbocycles. The number of hydrogen-bond acceptors (Lipinski definition) is 4. The average Bonchev–Trinajstić information content (AvgIpc) is 2.66. The van der Waals surface area contributed by atoms with Gasteiger partial charge in [0, 0.05) is 43.2 Å². The maximum atomic E-state index is 12.3. The summed E-state index contributed by atoms with van der Waals surface area (Å²) < 4.78 is 0. The van der Waals surface area contributed by atoms with Gasteiger partial charge in [0.05, 0.1) is 0 Å². The van der Waals surface area contributed by atoms with Crippen molar-refractivity contribution >= 4 is 28.9 Å². The maximum absolute atomic E-state index is 12.3. The Morgan fingerprint density at radius 1 is 0.862 bits per heavy atom. The lowest BCUT2D eigenvalue weighted by Gasteiger charge is -2.34. The Bertz CT molecular complexity index is 861. The number of aryl methyl sites for hydroxylation is 3. The van der Waals surface area contributed by atoms with Gasteiger partial charge in [-0.2, -0.15) is 0 Å². The monoisotopic (exact) mass is 394 g/mol. The number of amides is 2. The number of nitrogens with zero attached hydrogens (tertiary/aromatic N) is 2. The summed E-state index contributed by atoms with van der Waals surface area (Å²) in [5.74, 6) is -0.635. The number of benzene rings is 2. The van der Waals surface area contributed by atoms with E-state index < -0.39 is 0 Å². The number of rotatable bonds is 5. The van der Waals surface area contributed by atoms with E-state index in [2.05, 4.69) is 27.5 Å². The molecule has 0 radical (unpaired) electrons. The quantitative estimate of drug-likeness (QED) is 0.764. The van der Waals surface area contributed by atoms with Crippen molar-refractivity contribution in [2.75, 3.05) is 48.8 Å². The van der Waals surface area contributed by atoms with E-state index >= 15 is 0 Å². The third-order valence-corrected chi connectivity index (χ3v) is 5.28. The van der Waals surface area contributed by atoms with Crippen LogP contribution in [0.15, 0.2) is 36.4 Å². The van der Waals surface area contributed by atoms with Crippen LogP contribution in [0.4, 0.5) is 17.1 Å². The Balaban J connectivity index is 1.53. The SMILES string of the molecule is Cc1cc(C)c(NC(=O)CC(=O)Nc2ccc(N3CCN(C)CC3)cc2)c(C)c1. The van der Waals surface area contributed by atoms with Gasteiger partial charge in [-0.1, -0.05) is 17.7 Å². The molecular formula is C23H30N4O2. The molecule has 2 aromatic carbocycles. The number of piperazine rings is 1. The van der Waals surface area contributed by atoms with Crippen LogP contribution >= 0.6 is 0 Å². The number of hydrogen-bond donors (Lipinski definition) is 2. The van der Waals surface area contributed by atoms with Crippen molar-refractivity contribution in [1.82, 2.24) is 4.90 Å². The van der Waals surface area contributed by atoms with E-state index in [0.29, 0.717) is 5.69 Å². The molecule has 154 valence electrons. The topological polar surface area (TPSA) is 64.7 Å². The van der Waals surface area contributed by atoms with Crippen LogP contribution in [0.1, 0.15) is 23.1 Å². The summed E-state index contributed by atoms with van der Waals surface area (Å²) in [6, 6.07) is 11.8. The van der Waals surface area contributed by atoms with Crippen molar-refractivity contribution in [2.24, 2.45) is 0 Å². The fourth-order valence-electron chi connectivity index (χ4n) is 3.73. The first-order valence-electron chi connectivity index (χ1n) is 10.0. The summed E-state index contributed by atoms with van der Waals surface area (Å²) in [5, 5.41) is 5.68. The first-order chi connectivity index (χ1) is 13.8. The van der Waals surface area contributed by atoms with Crippen LogP contribution in [0.2, 0.25) is 0 Å². The smallest absolute Gasteiger partial charge is 0.233 e. The zero-order valence-electron chi connectivity index (χ0n) is 17.7. The van der Waals surface area contributed by atoms with E-state index in [-0.39, 0.29) is 18.2 Å². The van der Waals surface area contributed by atoms with Crippen molar-refractivity contribution in [2.45, 2.75) is 27.2 Å². The molecule has 2 amide bonds. The molecule has 3 rings (SSSR count). The number of anilines is 3. The van der Waals surface area contributed by atoms with Gasteiger partial charge in [0.25, 0.3) is 0 Å². The second kappa shape index (κ2) is 9.09. The van der Waals surface area contributed by atoms with Gasteiger partial charge in [0.1, 0.15) is 6.42 Å². The number of likely N-dealkylation sites (N-methyl/N-ethyl adjacent to an activating group) is 1. The fourth-order valence-corrected chi connectivity index (χ4v) is 3.73. The van der Waals surface area contributed by atoms with Gasteiger partial charge in [-0.25, -0.2) is 0 Å². The zero-order valence-corrected chi connectivity index (χ0v) is 17.7. The van der Waals surface area contributed by atoms with E-state index in [1.807, 2.05) is 57.2 Å². The normalized spacial score (nSPS) is 14.6. The Kier molecular flexibility index (Phi) is 6.54. The highest BCUT2D eigenvalue weighted by atomic mass is 16.2. The summed E-state index contributed by atoms with van der Waals surface area (Å²) in [5.41, 5.74) is 5.77. The van der Waals surface area contributed by atoms with Crippen LogP contribution in [0.5, 0.6) is 0 Å². The second-order valence-corrected chi connectivity index (χ2v) is 7.88. The first-order valence-corrected chi connectivity index (χ1v) is 10.0. The molecule has 0 bridgehead atoms. The highest BCUT2D eigenvalue weighted by molar-refractivity contribution is 6.08. The van der Waals surface area contributed by atoms with E-state index in [4.69, 9.17) is 0 Å². The van der Waals surface area contributed by atoms with Gasteiger partial charge >= 0.3 is 0 Å². The fraction of sp³-hybridized carbons (Fsp3) is 0.391. The summed E-state index contributed by atoms with van der Waals surface area (Å²) in [6.07, 6.45) is -0.215. The van der Waals surface area contributed by atoms with E-state index in [0.717, 1.165) is 54.2 Å². The van der Waals surface area contributed by atoms with Crippen molar-refractivity contribution in [1.29, 1.82) is 0 Å². The largest absolute Gasteiger partial charge is 0.369 e. The van der Waals surface area contributed by atoms with E-state index in [1.165, 1.54) is 0 Å². The van der Waals surface area contributed by atoms with Crippen LogP contribution < -0.4 is 15.5 Å².